The number of carbonyl (C=O) groups is 2. The highest BCUT2D eigenvalue weighted by Gasteiger charge is 1.87. The highest BCUT2D eigenvalue weighted by molar-refractivity contribution is 5.79. The van der Waals surface area contributed by atoms with E-state index in [9.17, 15) is 9.59 Å². The Labute approximate surface area is 279 Å². The molecule has 2 aromatic heterocycles. The molecule has 2 rings (SSSR count). The van der Waals surface area contributed by atoms with Crippen molar-refractivity contribution in [1.82, 2.24) is 51.9 Å². The lowest BCUT2D eigenvalue weighted by atomic mass is 10.5. The van der Waals surface area contributed by atoms with Gasteiger partial charge in [-0.2, -0.15) is 15.5 Å². The number of hydrogen-bond acceptors (Lipinski definition) is 18. The fraction of sp³-hybridized carbons (Fsp3) is 0.571. The minimum atomic E-state index is -0.495. The molecule has 2 aromatic rings. The van der Waals surface area contributed by atoms with Crippen molar-refractivity contribution in [3.8, 4) is 0 Å². The lowest BCUT2D eigenvalue weighted by Crippen LogP contribution is -2.26. The number of amides is 3. The van der Waals surface area contributed by atoms with Crippen molar-refractivity contribution in [2.75, 3.05) is 27.7 Å². The highest BCUT2D eigenvalue weighted by atomic mass is 16.4. The van der Waals surface area contributed by atoms with Crippen LogP contribution in [0.25, 0.3) is 0 Å². The van der Waals surface area contributed by atoms with Gasteiger partial charge in [0.1, 0.15) is 11.7 Å². The molecule has 27 nitrogen and oxygen atoms in total. The normalized spacial score (nSPS) is 9.04. The molecular weight excluding hydrogens is 640 g/mol. The topological polar surface area (TPSA) is 472 Å². The molecule has 0 saturated carbocycles. The van der Waals surface area contributed by atoms with E-state index in [2.05, 4.69) is 89.0 Å². The number of primary amides is 1. The molecule has 3 amide bonds. The number of aliphatic imine (C=N–C) groups is 1. The summed E-state index contributed by atoms with van der Waals surface area (Å²) in [4.78, 5) is 22.8. The average Bonchev–Trinajstić information content (AvgIpc) is 3.83. The molecule has 21 N–H and O–H groups in total. The number of nitrogens with two attached hydrogens (primary N) is 7. The number of aryl methyl sites for hydroxylation is 2. The summed E-state index contributed by atoms with van der Waals surface area (Å²) in [5.41, 5.74) is 28.8. The van der Waals surface area contributed by atoms with Crippen LogP contribution in [0.5, 0.6) is 0 Å². The number of hydrogen-bond donors (Lipinski definition) is 14. The van der Waals surface area contributed by atoms with E-state index in [-0.39, 0.29) is 30.1 Å². The summed E-state index contributed by atoms with van der Waals surface area (Å²) in [5.74, 6) is 6.50. The van der Waals surface area contributed by atoms with Crippen molar-refractivity contribution in [1.29, 1.82) is 0 Å². The third kappa shape index (κ3) is 90.0. The maximum atomic E-state index is 9.94. The summed E-state index contributed by atoms with van der Waals surface area (Å²) < 4.78 is 0. The molecule has 0 fully saturated rings. The van der Waals surface area contributed by atoms with E-state index in [0.717, 1.165) is 12.2 Å². The Morgan fingerprint density at radius 2 is 1.31 bits per heavy atom. The molecule has 0 aliphatic carbocycles. The molecule has 0 spiro atoms. The first-order valence-electron chi connectivity index (χ1n) is 13.1. The maximum absolute atomic E-state index is 9.94. The quantitative estimate of drug-likeness (QED) is 0.0485. The van der Waals surface area contributed by atoms with E-state index < -0.39 is 6.03 Å². The predicted octanol–water partition coefficient (Wildman–Crippen LogP) is -3.55. The predicted molar refractivity (Wildman–Crippen MR) is 183 cm³/mol. The van der Waals surface area contributed by atoms with Crippen molar-refractivity contribution in [3.63, 3.8) is 0 Å². The van der Waals surface area contributed by atoms with Gasteiger partial charge in [0.05, 0.1) is 6.54 Å². The second kappa shape index (κ2) is 53.2. The van der Waals surface area contributed by atoms with Crippen LogP contribution in [0.3, 0.4) is 0 Å². The minimum Gasteiger partial charge on any atom is -0.411 e. The van der Waals surface area contributed by atoms with Crippen LogP contribution in [0.1, 0.15) is 52.7 Å². The average molecular weight is 697 g/mol. The van der Waals surface area contributed by atoms with Gasteiger partial charge in [-0.3, -0.25) is 9.79 Å². The second-order valence-electron chi connectivity index (χ2n) is 6.75. The molecule has 2 heterocycles. The molecule has 0 atom stereocenters. The van der Waals surface area contributed by atoms with Gasteiger partial charge in [-0.15, -0.1) is 25.6 Å². The number of aromatic nitrogens is 8. The van der Waals surface area contributed by atoms with E-state index in [1.807, 2.05) is 13.8 Å². The lowest BCUT2D eigenvalue weighted by Gasteiger charge is -1.87. The van der Waals surface area contributed by atoms with E-state index in [1.54, 1.807) is 27.8 Å². The van der Waals surface area contributed by atoms with Gasteiger partial charge in [-0.05, 0) is 27.7 Å². The van der Waals surface area contributed by atoms with Crippen molar-refractivity contribution < 1.29 is 25.2 Å². The van der Waals surface area contributed by atoms with Crippen LogP contribution in [0.4, 0.5) is 4.79 Å². The zero-order valence-corrected chi connectivity index (χ0v) is 28.9. The molecular formula is C21H56N22O5. The first kappa shape index (κ1) is 57.3. The molecule has 0 aliphatic heterocycles. The number of oxime groups is 3. The third-order valence-corrected chi connectivity index (χ3v) is 3.04. The van der Waals surface area contributed by atoms with Crippen LogP contribution >= 0.6 is 0 Å². The Hall–Kier alpha value is -6.41. The number of tetrazole rings is 2. The van der Waals surface area contributed by atoms with Gasteiger partial charge in [-0.25, -0.2) is 4.79 Å². The molecule has 0 saturated heterocycles. The van der Waals surface area contributed by atoms with Crippen LogP contribution in [-0.4, -0.2) is 127 Å². The van der Waals surface area contributed by atoms with Gasteiger partial charge >= 0.3 is 6.03 Å². The van der Waals surface area contributed by atoms with Crippen molar-refractivity contribution >= 4 is 42.0 Å². The third-order valence-electron chi connectivity index (χ3n) is 3.04. The van der Waals surface area contributed by atoms with Crippen LogP contribution < -0.4 is 50.9 Å². The first-order valence-corrected chi connectivity index (χ1v) is 13.1. The van der Waals surface area contributed by atoms with Crippen LogP contribution in [0.2, 0.25) is 0 Å². The molecule has 48 heavy (non-hydrogen) atoms. The van der Waals surface area contributed by atoms with Gasteiger partial charge in [0.15, 0.2) is 17.6 Å². The monoisotopic (exact) mass is 696 g/mol. The van der Waals surface area contributed by atoms with E-state index in [1.165, 1.54) is 33.4 Å². The smallest absolute Gasteiger partial charge is 0.311 e. The fourth-order valence-corrected chi connectivity index (χ4v) is 0.717. The van der Waals surface area contributed by atoms with Crippen molar-refractivity contribution in [2.45, 2.75) is 54.4 Å². The van der Waals surface area contributed by atoms with Gasteiger partial charge in [0.2, 0.25) is 5.91 Å². The number of nitrogens with zero attached hydrogens (tertiary/aromatic N) is 11. The number of guanidine groups is 1. The number of nitrogens with one attached hydrogen (secondary N) is 4. The second-order valence-corrected chi connectivity index (χ2v) is 6.75. The number of carbonyl (C=O) groups excluding carboxylic acids is 2. The van der Waals surface area contributed by atoms with E-state index in [4.69, 9.17) is 44.3 Å². The molecule has 27 heteroatoms. The van der Waals surface area contributed by atoms with Crippen LogP contribution in [-0.2, 0) is 11.2 Å². The maximum Gasteiger partial charge on any atom is 0.311 e. The first-order chi connectivity index (χ1) is 22.6. The number of likely N-dealkylation sites (N-methyl/N-ethyl adjacent to an activating group) is 1. The zero-order chi connectivity index (χ0) is 39.2. The Balaban J connectivity index is -0.0000000793. The molecule has 280 valence electrons. The molecule has 0 unspecified atom stereocenters. The lowest BCUT2D eigenvalue weighted by molar-refractivity contribution is -0.119. The number of hydrazone groups is 1. The SMILES string of the molecule is C/C(N)=N/O.C/C=N/O.CC/C(N)=N/O.CC=NN.CCc1nn[nH]n1.CN=C(N)N.CNC(=O)CN.CNC(N)=O.Cc1nn[nH]n1. The van der Waals surface area contributed by atoms with Gasteiger partial charge in [-0.1, -0.05) is 34.6 Å². The molecule has 0 bridgehead atoms. The van der Waals surface area contributed by atoms with E-state index in [0.29, 0.717) is 12.2 Å². The van der Waals surface area contributed by atoms with Crippen molar-refractivity contribution in [3.05, 3.63) is 11.6 Å². The standard InChI is InChI=1S/C3H6N4.2C3H8N2O.C2H4N4.C2H7N3.2C2H6N2O.C2H6N2.C2H5NO/c1-2-3-4-6-7-5-3;1-5-3(6)2-4;1-2-3(4)5-6;1-2-3-5-6-4-2;1-5-2(3)4;1-4-2(3)5;1-2(3)4-5;1-2-4-3;1-2-3-4/h2H2,1H3,(H,4,5,6,7);2,4H2,1H3,(H,5,6);6H,2H2,1H3,(H2,4,5);1H3,(H,3,4,5,6);1H3,(H4,3,4,5);1H3,(H3,3,4,5);5H,1H3,(H2,3,4);2H,3H2,1H3;2,4H,1H3/b;;;;;;;;3-2+. The number of urea groups is 1. The molecule has 0 aromatic carbocycles. The van der Waals surface area contributed by atoms with Crippen molar-refractivity contribution in [2.24, 2.45) is 65.8 Å². The minimum absolute atomic E-state index is 0.0799. The van der Waals surface area contributed by atoms with Crippen LogP contribution in [0, 0.1) is 6.92 Å². The Morgan fingerprint density at radius 3 is 1.38 bits per heavy atom. The number of rotatable bonds is 3. The summed E-state index contributed by atoms with van der Waals surface area (Å²) in [6, 6.07) is -0.495. The molecule has 0 aliphatic rings. The van der Waals surface area contributed by atoms with Gasteiger partial charge in [0.25, 0.3) is 0 Å². The number of aromatic amines is 2. The fourth-order valence-electron chi connectivity index (χ4n) is 0.717. The number of H-pyrrole nitrogens is 2. The Morgan fingerprint density at radius 1 is 0.896 bits per heavy atom. The largest absolute Gasteiger partial charge is 0.411 e. The summed E-state index contributed by atoms with van der Waals surface area (Å²) in [7, 11) is 4.56. The number of amidine groups is 2. The Kier molecular flexibility index (Phi) is 63.4. The Bertz CT molecular complexity index is 995. The zero-order valence-electron chi connectivity index (χ0n) is 28.9. The summed E-state index contributed by atoms with van der Waals surface area (Å²) in [6.07, 6.45) is 4.28. The summed E-state index contributed by atoms with van der Waals surface area (Å²) in [6.45, 7) is 10.5. The summed E-state index contributed by atoms with van der Waals surface area (Å²) >= 11 is 0. The summed E-state index contributed by atoms with van der Waals surface area (Å²) in [5, 5.41) is 64.2. The van der Waals surface area contributed by atoms with Crippen LogP contribution in [0.15, 0.2) is 25.6 Å². The van der Waals surface area contributed by atoms with E-state index >= 15 is 0 Å². The highest BCUT2D eigenvalue weighted by Crippen LogP contribution is 1.79. The molecule has 0 radical (unpaired) electrons. The van der Waals surface area contributed by atoms with Gasteiger partial charge in [0, 0.05) is 46.4 Å². The van der Waals surface area contributed by atoms with Gasteiger partial charge < -0.3 is 66.5 Å².